The lowest BCUT2D eigenvalue weighted by Crippen LogP contribution is -2.46. The smallest absolute Gasteiger partial charge is 0.386 e. The van der Waals surface area contributed by atoms with Crippen LogP contribution in [0.15, 0.2) is 23.8 Å². The van der Waals surface area contributed by atoms with E-state index in [-0.39, 0.29) is 40.5 Å². The first-order chi connectivity index (χ1) is 22.8. The Morgan fingerprint density at radius 1 is 1.02 bits per heavy atom. The molecule has 4 aromatic rings. The van der Waals surface area contributed by atoms with Crippen LogP contribution in [0.2, 0.25) is 0 Å². The highest BCUT2D eigenvalue weighted by molar-refractivity contribution is 8.44. The summed E-state index contributed by atoms with van der Waals surface area (Å²) in [6, 6.07) is 0. The largest absolute Gasteiger partial charge is 0.386 e. The number of nitrogen functional groups attached to an aromatic ring is 2. The quantitative estimate of drug-likeness (QED) is 0.129. The third-order valence-corrected chi connectivity index (χ3v) is 12.0. The van der Waals surface area contributed by atoms with Gasteiger partial charge in [-0.3, -0.25) is 37.0 Å². The Kier molecular flexibility index (Phi) is 8.68. The molecule has 0 aromatic carbocycles. The molecule has 4 aromatic heterocycles. The number of nitrogens with zero attached hydrogens (tertiary/aromatic N) is 7. The summed E-state index contributed by atoms with van der Waals surface area (Å²) in [5.41, 5.74) is 10.4. The van der Waals surface area contributed by atoms with Gasteiger partial charge in [0.05, 0.1) is 25.9 Å². The fourth-order valence-electron chi connectivity index (χ4n) is 6.41. The molecule has 0 saturated carbocycles. The van der Waals surface area contributed by atoms with E-state index in [0.29, 0.717) is 6.42 Å². The Morgan fingerprint density at radius 3 is 2.46 bits per heavy atom. The van der Waals surface area contributed by atoms with Gasteiger partial charge in [-0.15, -0.1) is 0 Å². The molecule has 48 heavy (non-hydrogen) atoms. The molecule has 10 atom stereocenters. The number of aliphatic hydroxyl groups is 1. The van der Waals surface area contributed by atoms with Crippen LogP contribution in [0, 0.1) is 5.92 Å². The fourth-order valence-corrected chi connectivity index (χ4v) is 9.45. The summed E-state index contributed by atoms with van der Waals surface area (Å²) in [5, 5.41) is 11.4. The van der Waals surface area contributed by atoms with Crippen molar-refractivity contribution in [1.82, 2.24) is 39.0 Å². The molecule has 260 valence electrons. The van der Waals surface area contributed by atoms with Crippen molar-refractivity contribution < 1.29 is 41.8 Å². The molecular weight excluding hydrogens is 714 g/mol. The molecule has 0 spiro atoms. The Labute approximate surface area is 281 Å². The van der Waals surface area contributed by atoms with Crippen LogP contribution in [0.25, 0.3) is 22.3 Å². The van der Waals surface area contributed by atoms with Crippen LogP contribution in [-0.4, -0.2) is 87.4 Å². The number of nitrogens with one attached hydrogen (secondary N) is 1. The number of anilines is 2. The van der Waals surface area contributed by atoms with Crippen LogP contribution in [0.1, 0.15) is 39.1 Å². The zero-order valence-corrected chi connectivity index (χ0v) is 28.9. The molecule has 6 N–H and O–H groups in total. The van der Waals surface area contributed by atoms with Crippen LogP contribution in [0.5, 0.6) is 0 Å². The standard InChI is InChI=1S/C24H32N10O10P2S2/c1-3-10-16-24(4-2,42-21(10)34-9-30-13-19(34)31-23(26)32-20(13)36)6-40-46(38,48)43-15-11(5-39-45(37,47)44-16)41-22(14(15)35)33-8-29-12-17(25)27-7-28-18(12)33/h7-11,14-16,21-22,35H,3-6H2,1-2H3,(H,37,47)(H,38,48)(H2,25,27,28)(H3,26,31,32,36)/t10-,11-,14-,15-,16+,21-,22-,24-,45?,46-/m1/s1. The van der Waals surface area contributed by atoms with Gasteiger partial charge in [0.25, 0.3) is 5.56 Å². The fraction of sp³-hybridized carbons (Fsp3) is 0.583. The maximum Gasteiger partial charge on any atom is 0.386 e. The summed E-state index contributed by atoms with van der Waals surface area (Å²) in [5.74, 6) is -0.598. The SMILES string of the molecule is CC[C@H]1[C@H](n2cnc3c(=O)[nH]c(N)nc32)O[C@]2(CC)CO[P@@](=O)(S)O[C@H]3[C@@H](O)[C@H](n4cnc5c(N)ncnc54)O[C@@H]3COP(=O)(S)O[C@@H]12. The number of hydrogen-bond acceptors (Lipinski definition) is 17. The normalized spacial score (nSPS) is 37.6. The van der Waals surface area contributed by atoms with E-state index in [4.69, 9.17) is 39.0 Å². The number of aromatic amines is 1. The van der Waals surface area contributed by atoms with Crippen LogP contribution >= 0.6 is 38.1 Å². The van der Waals surface area contributed by atoms with Crippen LogP contribution in [0.3, 0.4) is 0 Å². The van der Waals surface area contributed by atoms with Crippen molar-refractivity contribution in [3.63, 3.8) is 0 Å². The number of aromatic nitrogens is 8. The maximum atomic E-state index is 13.9. The highest BCUT2D eigenvalue weighted by Crippen LogP contribution is 2.63. The van der Waals surface area contributed by atoms with Crippen molar-refractivity contribution in [2.24, 2.45) is 5.92 Å². The van der Waals surface area contributed by atoms with E-state index in [1.54, 1.807) is 6.92 Å². The van der Waals surface area contributed by atoms with Crippen LogP contribution < -0.4 is 17.0 Å². The number of nitrogens with two attached hydrogens (primary N) is 2. The average Bonchev–Trinajstić information content (AvgIpc) is 3.79. The molecule has 1 unspecified atom stereocenters. The molecule has 3 aliphatic heterocycles. The third-order valence-electron chi connectivity index (χ3n) is 8.77. The first-order valence-electron chi connectivity index (χ1n) is 14.7. The lowest BCUT2D eigenvalue weighted by molar-refractivity contribution is -0.124. The second kappa shape index (κ2) is 12.3. The van der Waals surface area contributed by atoms with E-state index in [1.807, 2.05) is 6.92 Å². The molecule has 24 heteroatoms. The average molecular weight is 747 g/mol. The van der Waals surface area contributed by atoms with Crippen molar-refractivity contribution in [2.75, 3.05) is 24.7 Å². The summed E-state index contributed by atoms with van der Waals surface area (Å²) in [7, 11) is 0. The Hall–Kier alpha value is -2.62. The topological polar surface area (TPSA) is 269 Å². The molecule has 0 bridgehead atoms. The number of ether oxygens (including phenoxy) is 2. The van der Waals surface area contributed by atoms with Crippen molar-refractivity contribution in [3.05, 3.63) is 29.3 Å². The lowest BCUT2D eigenvalue weighted by Gasteiger charge is -2.36. The van der Waals surface area contributed by atoms with Crippen molar-refractivity contribution in [2.45, 2.75) is 69.2 Å². The van der Waals surface area contributed by atoms with Crippen LogP contribution in [-0.2, 0) is 36.7 Å². The Bertz CT molecular complexity index is 2030. The van der Waals surface area contributed by atoms with E-state index < -0.39 is 80.8 Å². The number of imidazole rings is 2. The minimum absolute atomic E-state index is 0.0238. The third kappa shape index (κ3) is 5.75. The molecule has 0 amide bonds. The minimum Gasteiger partial charge on any atom is -0.386 e. The van der Waals surface area contributed by atoms with Gasteiger partial charge in [0.2, 0.25) is 5.95 Å². The predicted molar refractivity (Wildman–Crippen MR) is 174 cm³/mol. The number of H-pyrrole nitrogens is 1. The first-order valence-corrected chi connectivity index (χ1v) is 20.1. The molecular formula is C24H32N10O10P2S2. The van der Waals surface area contributed by atoms with Gasteiger partial charge >= 0.3 is 13.6 Å². The van der Waals surface area contributed by atoms with Gasteiger partial charge in [-0.1, -0.05) is 38.3 Å². The predicted octanol–water partition coefficient (Wildman–Crippen LogP) is 1.98. The first kappa shape index (κ1) is 33.9. The second-order valence-electron chi connectivity index (χ2n) is 11.5. The lowest BCUT2D eigenvalue weighted by atomic mass is 9.87. The minimum atomic E-state index is -4.29. The molecule has 7 rings (SSSR count). The molecule has 7 heterocycles. The van der Waals surface area contributed by atoms with Gasteiger partial charge in [-0.25, -0.2) is 29.1 Å². The molecule has 0 aliphatic carbocycles. The van der Waals surface area contributed by atoms with Gasteiger partial charge in [0.15, 0.2) is 28.9 Å². The van der Waals surface area contributed by atoms with Gasteiger partial charge in [0, 0.05) is 5.92 Å². The molecule has 3 aliphatic rings. The summed E-state index contributed by atoms with van der Waals surface area (Å²) in [6.45, 7) is -5.81. The summed E-state index contributed by atoms with van der Waals surface area (Å²) in [4.78, 5) is 35.6. The molecule has 20 nitrogen and oxygen atoms in total. The second-order valence-corrected chi connectivity index (χ2v) is 17.3. The summed E-state index contributed by atoms with van der Waals surface area (Å²) < 4.78 is 66.9. The van der Waals surface area contributed by atoms with E-state index in [0.717, 1.165) is 0 Å². The summed E-state index contributed by atoms with van der Waals surface area (Å²) in [6.07, 6.45) is -2.63. The number of aliphatic hydroxyl groups excluding tert-OH is 1. The number of rotatable bonds is 4. The zero-order chi connectivity index (χ0) is 34.2. The van der Waals surface area contributed by atoms with Gasteiger partial charge in [-0.2, -0.15) is 4.98 Å². The Balaban J connectivity index is 1.23. The summed E-state index contributed by atoms with van der Waals surface area (Å²) >= 11 is 8.50. The number of fused-ring (bicyclic) bond motifs is 4. The van der Waals surface area contributed by atoms with E-state index in [2.05, 4.69) is 54.4 Å². The number of hydrogen-bond donors (Lipinski definition) is 6. The van der Waals surface area contributed by atoms with Gasteiger partial charge in [-0.05, 0) is 12.8 Å². The maximum absolute atomic E-state index is 13.9. The molecule has 3 saturated heterocycles. The van der Waals surface area contributed by atoms with Gasteiger partial charge < -0.3 is 26.0 Å². The number of thiol groups is 2. The Morgan fingerprint density at radius 2 is 1.73 bits per heavy atom. The van der Waals surface area contributed by atoms with E-state index >= 15 is 0 Å². The van der Waals surface area contributed by atoms with Crippen molar-refractivity contribution >= 4 is 72.2 Å². The molecule has 3 fully saturated rings. The van der Waals surface area contributed by atoms with Gasteiger partial charge in [0.1, 0.15) is 48.1 Å². The highest BCUT2D eigenvalue weighted by atomic mass is 32.7. The monoisotopic (exact) mass is 746 g/mol. The highest BCUT2D eigenvalue weighted by Gasteiger charge is 2.59. The van der Waals surface area contributed by atoms with Crippen LogP contribution in [0.4, 0.5) is 11.8 Å². The zero-order valence-electron chi connectivity index (χ0n) is 25.3. The van der Waals surface area contributed by atoms with E-state index in [1.165, 1.54) is 28.1 Å². The molecule has 0 radical (unpaired) electrons. The van der Waals surface area contributed by atoms with Crippen molar-refractivity contribution in [3.8, 4) is 0 Å². The van der Waals surface area contributed by atoms with E-state index in [9.17, 15) is 19.0 Å². The van der Waals surface area contributed by atoms with Crippen molar-refractivity contribution in [1.29, 1.82) is 0 Å².